The predicted molar refractivity (Wildman–Crippen MR) is 205 cm³/mol. The monoisotopic (exact) mass is 812 g/mol. The van der Waals surface area contributed by atoms with Crippen LogP contribution >= 0.6 is 0 Å². The Labute approximate surface area is 336 Å². The molecule has 0 amide bonds. The Morgan fingerprint density at radius 3 is 1.12 bits per heavy atom. The molecule has 4 N–H and O–H groups in total. The van der Waals surface area contributed by atoms with Gasteiger partial charge in [-0.25, -0.2) is 28.8 Å². The van der Waals surface area contributed by atoms with Crippen molar-refractivity contribution in [3.8, 4) is 0 Å². The van der Waals surface area contributed by atoms with Crippen LogP contribution in [-0.4, -0.2) is 93.6 Å². The Hall–Kier alpha value is -7.36. The number of hydrogen-bond acceptors (Lipinski definition) is 12. The summed E-state index contributed by atoms with van der Waals surface area (Å²) in [6.07, 6.45) is -1.90. The molecule has 308 valence electrons. The third-order valence-electron chi connectivity index (χ3n) is 9.20. The topological polar surface area (TPSA) is 254 Å². The van der Waals surface area contributed by atoms with Crippen molar-refractivity contribution < 1.29 is 77.7 Å². The normalized spacial score (nSPS) is 12.0. The second kappa shape index (κ2) is 19.2. The number of aromatic carboxylic acids is 4. The summed E-state index contributed by atoms with van der Waals surface area (Å²) in [7, 11) is 0. The molecule has 4 aromatic carbocycles. The van der Waals surface area contributed by atoms with E-state index in [-0.39, 0.29) is 48.3 Å². The molecule has 4 rings (SSSR count). The SMILES string of the molecule is CC(=O)OCC(Cc1ccc(C(C)(C)c2ccc(CC(COC(C)=O)OC(=O)c3ccc(C(=O)O)cc3C(=O)O)cc2)cc1)OC(=O)c1ccc(C(=O)O)cc1C(=O)O. The molecule has 0 saturated heterocycles. The van der Waals surface area contributed by atoms with Crippen LogP contribution in [0.3, 0.4) is 0 Å². The van der Waals surface area contributed by atoms with E-state index in [0.717, 1.165) is 47.5 Å². The van der Waals surface area contributed by atoms with Crippen LogP contribution in [0.4, 0.5) is 0 Å². The summed E-state index contributed by atoms with van der Waals surface area (Å²) in [5, 5.41) is 37.7. The summed E-state index contributed by atoms with van der Waals surface area (Å²) >= 11 is 0. The van der Waals surface area contributed by atoms with Gasteiger partial charge >= 0.3 is 47.8 Å². The number of esters is 4. The van der Waals surface area contributed by atoms with Crippen molar-refractivity contribution in [3.05, 3.63) is 141 Å². The standard InChI is InChI=1S/C43H40O16/c1-23(44)56-21-31(58-41(54)33-15-9-27(37(46)47)19-35(33)39(50)51)17-25-5-11-29(12-6-25)43(3,4)30-13-7-26(8-14-30)18-32(22-57-24(2)45)59-42(55)34-16-10-28(38(48)49)20-36(34)40(52)53/h5-16,19-20,31-32H,17-18,21-22H2,1-4H3,(H,46,47)(H,48,49)(H,50,51)(H,52,53). The maximum Gasteiger partial charge on any atom is 0.339 e. The van der Waals surface area contributed by atoms with E-state index in [1.54, 1.807) is 24.3 Å². The van der Waals surface area contributed by atoms with Crippen LogP contribution in [0.5, 0.6) is 0 Å². The fourth-order valence-corrected chi connectivity index (χ4v) is 5.99. The predicted octanol–water partition coefficient (Wildman–Crippen LogP) is 5.47. The van der Waals surface area contributed by atoms with Crippen LogP contribution in [0.15, 0.2) is 84.9 Å². The number of carboxylic acid groups (broad SMARTS) is 4. The van der Waals surface area contributed by atoms with Gasteiger partial charge in [0.15, 0.2) is 0 Å². The largest absolute Gasteiger partial charge is 0.478 e. The zero-order chi connectivity index (χ0) is 43.6. The van der Waals surface area contributed by atoms with Crippen molar-refractivity contribution >= 4 is 47.8 Å². The number of ether oxygens (including phenoxy) is 4. The van der Waals surface area contributed by atoms with Crippen molar-refractivity contribution in [2.75, 3.05) is 13.2 Å². The van der Waals surface area contributed by atoms with Gasteiger partial charge in [0.1, 0.15) is 25.4 Å². The Bertz CT molecular complexity index is 2110. The van der Waals surface area contributed by atoms with Gasteiger partial charge in [-0.2, -0.15) is 0 Å². The first-order valence-electron chi connectivity index (χ1n) is 17.9. The second-order valence-corrected chi connectivity index (χ2v) is 13.8. The highest BCUT2D eigenvalue weighted by molar-refractivity contribution is 6.05. The molecular formula is C43H40O16. The minimum absolute atomic E-state index is 0.0778. The van der Waals surface area contributed by atoms with E-state index in [0.29, 0.717) is 11.1 Å². The van der Waals surface area contributed by atoms with Crippen molar-refractivity contribution in [1.29, 1.82) is 0 Å². The number of carbonyl (C=O) groups excluding carboxylic acids is 4. The lowest BCUT2D eigenvalue weighted by atomic mass is 9.77. The van der Waals surface area contributed by atoms with Crippen molar-refractivity contribution in [3.63, 3.8) is 0 Å². The summed E-state index contributed by atoms with van der Waals surface area (Å²) in [6.45, 7) is 5.66. The molecule has 0 fully saturated rings. The van der Waals surface area contributed by atoms with E-state index in [4.69, 9.17) is 18.9 Å². The molecule has 16 nitrogen and oxygen atoms in total. The molecule has 2 atom stereocenters. The summed E-state index contributed by atoms with van der Waals surface area (Å²) < 4.78 is 21.3. The maximum absolute atomic E-state index is 13.1. The average molecular weight is 813 g/mol. The fourth-order valence-electron chi connectivity index (χ4n) is 5.99. The molecule has 0 aromatic heterocycles. The summed E-state index contributed by atoms with van der Waals surface area (Å²) in [5.41, 5.74) is 0.0360. The van der Waals surface area contributed by atoms with Crippen LogP contribution in [0.1, 0.15) is 112 Å². The van der Waals surface area contributed by atoms with Crippen LogP contribution < -0.4 is 0 Å². The van der Waals surface area contributed by atoms with Crippen LogP contribution in [0, 0.1) is 0 Å². The lowest BCUT2D eigenvalue weighted by Crippen LogP contribution is -2.28. The minimum Gasteiger partial charge on any atom is -0.478 e. The van der Waals surface area contributed by atoms with Crippen LogP contribution in [0.25, 0.3) is 0 Å². The third kappa shape index (κ3) is 11.8. The van der Waals surface area contributed by atoms with Crippen molar-refractivity contribution in [1.82, 2.24) is 0 Å². The van der Waals surface area contributed by atoms with E-state index in [2.05, 4.69) is 0 Å². The van der Waals surface area contributed by atoms with E-state index < -0.39 is 76.5 Å². The van der Waals surface area contributed by atoms with E-state index in [9.17, 15) is 58.8 Å². The zero-order valence-electron chi connectivity index (χ0n) is 32.3. The second-order valence-electron chi connectivity index (χ2n) is 13.8. The molecule has 0 bridgehead atoms. The molecular weight excluding hydrogens is 772 g/mol. The molecule has 0 aliphatic heterocycles. The first-order chi connectivity index (χ1) is 27.8. The number of carbonyl (C=O) groups is 8. The van der Waals surface area contributed by atoms with E-state index >= 15 is 0 Å². The Morgan fingerprint density at radius 1 is 0.492 bits per heavy atom. The first-order valence-corrected chi connectivity index (χ1v) is 17.9. The molecule has 0 saturated carbocycles. The maximum atomic E-state index is 13.1. The van der Waals surface area contributed by atoms with Gasteiger partial charge < -0.3 is 39.4 Å². The average Bonchev–Trinajstić information content (AvgIpc) is 3.18. The molecule has 16 heteroatoms. The van der Waals surface area contributed by atoms with Gasteiger partial charge in [0.2, 0.25) is 0 Å². The summed E-state index contributed by atoms with van der Waals surface area (Å²) in [5.74, 6) is -9.18. The van der Waals surface area contributed by atoms with Crippen molar-refractivity contribution in [2.45, 2.75) is 58.2 Å². The van der Waals surface area contributed by atoms with Gasteiger partial charge in [-0.1, -0.05) is 62.4 Å². The molecule has 2 unspecified atom stereocenters. The third-order valence-corrected chi connectivity index (χ3v) is 9.20. The fraction of sp³-hybridized carbons (Fsp3) is 0.256. The van der Waals surface area contributed by atoms with E-state index in [1.165, 1.54) is 13.8 Å². The highest BCUT2D eigenvalue weighted by atomic mass is 16.6. The van der Waals surface area contributed by atoms with Crippen LogP contribution in [0.2, 0.25) is 0 Å². The number of rotatable bonds is 18. The Balaban J connectivity index is 1.49. The highest BCUT2D eigenvalue weighted by Crippen LogP contribution is 2.32. The highest BCUT2D eigenvalue weighted by Gasteiger charge is 2.28. The van der Waals surface area contributed by atoms with Gasteiger partial charge in [-0.05, 0) is 58.7 Å². The summed E-state index contributed by atoms with van der Waals surface area (Å²) in [4.78, 5) is 95.7. The molecule has 0 aliphatic carbocycles. The molecule has 0 aliphatic rings. The molecule has 0 radical (unpaired) electrons. The quantitative estimate of drug-likeness (QED) is 0.0718. The van der Waals surface area contributed by atoms with Gasteiger partial charge in [-0.15, -0.1) is 0 Å². The Morgan fingerprint density at radius 2 is 0.831 bits per heavy atom. The minimum atomic E-state index is -1.53. The van der Waals surface area contributed by atoms with Gasteiger partial charge in [0, 0.05) is 32.1 Å². The van der Waals surface area contributed by atoms with Gasteiger partial charge in [0.25, 0.3) is 0 Å². The first kappa shape index (κ1) is 44.4. The van der Waals surface area contributed by atoms with E-state index in [1.807, 2.05) is 38.1 Å². The molecule has 0 heterocycles. The molecule has 59 heavy (non-hydrogen) atoms. The molecule has 4 aromatic rings. The van der Waals surface area contributed by atoms with Crippen LogP contribution in [-0.2, 0) is 46.8 Å². The smallest absolute Gasteiger partial charge is 0.339 e. The lowest BCUT2D eigenvalue weighted by molar-refractivity contribution is -0.144. The van der Waals surface area contributed by atoms with Gasteiger partial charge in [0.05, 0.1) is 33.4 Å². The number of hydrogen-bond donors (Lipinski definition) is 4. The number of benzene rings is 4. The zero-order valence-corrected chi connectivity index (χ0v) is 32.3. The van der Waals surface area contributed by atoms with Crippen molar-refractivity contribution in [2.24, 2.45) is 0 Å². The molecule has 0 spiro atoms. The lowest BCUT2D eigenvalue weighted by Gasteiger charge is -2.27. The summed E-state index contributed by atoms with van der Waals surface area (Å²) in [6, 6.07) is 20.6. The Kier molecular flexibility index (Phi) is 14.4. The van der Waals surface area contributed by atoms with Gasteiger partial charge in [-0.3, -0.25) is 9.59 Å². The number of carboxylic acids is 4.